The molecule has 7 nitrogen and oxygen atoms in total. The van der Waals surface area contributed by atoms with E-state index in [1.165, 1.54) is 19.1 Å². The molecule has 0 saturated heterocycles. The van der Waals surface area contributed by atoms with Crippen LogP contribution in [0.5, 0.6) is 5.88 Å². The van der Waals surface area contributed by atoms with E-state index >= 15 is 0 Å². The highest BCUT2D eigenvalue weighted by Crippen LogP contribution is 2.33. The highest BCUT2D eigenvalue weighted by molar-refractivity contribution is 6.31. The molecule has 2 heterocycles. The fourth-order valence-corrected chi connectivity index (χ4v) is 2.49. The lowest BCUT2D eigenvalue weighted by Crippen LogP contribution is -2.38. The number of rotatable bonds is 6. The van der Waals surface area contributed by atoms with E-state index in [0.29, 0.717) is 18.0 Å². The van der Waals surface area contributed by atoms with Gasteiger partial charge in [0.15, 0.2) is 0 Å². The first-order valence-electron chi connectivity index (χ1n) is 8.38. The van der Waals surface area contributed by atoms with Gasteiger partial charge < -0.3 is 15.4 Å². The number of pyridine rings is 2. The standard InChI is InChI=1S/C19H16ClF3N4O3/c1-4-14(9-30-18-15(20)7-13(8-24-18)19(21,22)23)27-17(29)12-5-10(2)25-16(6-12)26-11(3)28/h1,5-8,14H,9H2,2-3H3,(H,27,29)(H,25,26,28)/t14-/m1/s1. The molecule has 0 bridgehead atoms. The van der Waals surface area contributed by atoms with E-state index in [0.717, 1.165) is 0 Å². The van der Waals surface area contributed by atoms with E-state index in [1.54, 1.807) is 6.92 Å². The van der Waals surface area contributed by atoms with Gasteiger partial charge in [-0.15, -0.1) is 6.42 Å². The average Bonchev–Trinajstić information content (AvgIpc) is 2.63. The number of alkyl halides is 3. The number of anilines is 1. The zero-order chi connectivity index (χ0) is 22.5. The number of nitrogens with one attached hydrogen (secondary N) is 2. The van der Waals surface area contributed by atoms with Gasteiger partial charge in [-0.1, -0.05) is 17.5 Å². The number of hydrogen-bond donors (Lipinski definition) is 2. The summed E-state index contributed by atoms with van der Waals surface area (Å²) in [4.78, 5) is 31.3. The topological polar surface area (TPSA) is 93.2 Å². The second-order valence-electron chi connectivity index (χ2n) is 6.08. The molecule has 2 rings (SSSR count). The molecule has 11 heteroatoms. The van der Waals surface area contributed by atoms with Gasteiger partial charge in [0, 0.05) is 24.4 Å². The van der Waals surface area contributed by atoms with Crippen molar-refractivity contribution in [1.82, 2.24) is 15.3 Å². The van der Waals surface area contributed by atoms with Crippen molar-refractivity contribution in [3.63, 3.8) is 0 Å². The molecule has 1 atom stereocenters. The Morgan fingerprint density at radius 3 is 2.60 bits per heavy atom. The molecule has 30 heavy (non-hydrogen) atoms. The van der Waals surface area contributed by atoms with Gasteiger partial charge in [-0.25, -0.2) is 9.97 Å². The van der Waals surface area contributed by atoms with Crippen LogP contribution in [0, 0.1) is 19.3 Å². The minimum atomic E-state index is -4.59. The Balaban J connectivity index is 2.06. The van der Waals surface area contributed by atoms with E-state index in [-0.39, 0.29) is 34.8 Å². The van der Waals surface area contributed by atoms with Crippen molar-refractivity contribution in [2.45, 2.75) is 26.1 Å². The SMILES string of the molecule is C#C[C@H](COc1ncc(C(F)(F)F)cc1Cl)NC(=O)c1cc(C)nc(NC(C)=O)c1. The van der Waals surface area contributed by atoms with Crippen LogP contribution in [0.2, 0.25) is 5.02 Å². The molecule has 0 aliphatic rings. The minimum Gasteiger partial charge on any atom is -0.473 e. The van der Waals surface area contributed by atoms with E-state index in [2.05, 4.69) is 26.5 Å². The molecular formula is C19H16ClF3N4O3. The third kappa shape index (κ3) is 6.35. The minimum absolute atomic E-state index is 0.192. The van der Waals surface area contributed by atoms with Crippen LogP contribution in [0.1, 0.15) is 28.5 Å². The first-order valence-corrected chi connectivity index (χ1v) is 8.76. The maximum Gasteiger partial charge on any atom is 0.417 e. The van der Waals surface area contributed by atoms with Crippen LogP contribution < -0.4 is 15.4 Å². The Hall–Kier alpha value is -3.32. The average molecular weight is 441 g/mol. The maximum atomic E-state index is 12.7. The molecule has 0 saturated carbocycles. The molecule has 2 aromatic rings. The molecule has 2 amide bonds. The smallest absolute Gasteiger partial charge is 0.417 e. The number of aromatic nitrogens is 2. The third-order valence-electron chi connectivity index (χ3n) is 3.55. The van der Waals surface area contributed by atoms with Gasteiger partial charge in [0.1, 0.15) is 23.5 Å². The largest absolute Gasteiger partial charge is 0.473 e. The first-order chi connectivity index (χ1) is 14.0. The monoisotopic (exact) mass is 440 g/mol. The lowest BCUT2D eigenvalue weighted by Gasteiger charge is -2.15. The summed E-state index contributed by atoms with van der Waals surface area (Å²) in [6.07, 6.45) is 1.38. The highest BCUT2D eigenvalue weighted by atomic mass is 35.5. The first kappa shape index (κ1) is 23.0. The summed E-state index contributed by atoms with van der Waals surface area (Å²) in [6, 6.07) is 2.60. The fraction of sp³-hybridized carbons (Fsp3) is 0.263. The van der Waals surface area contributed by atoms with Crippen LogP contribution in [0.25, 0.3) is 0 Å². The zero-order valence-electron chi connectivity index (χ0n) is 15.8. The second-order valence-corrected chi connectivity index (χ2v) is 6.48. The third-order valence-corrected chi connectivity index (χ3v) is 3.82. The summed E-state index contributed by atoms with van der Waals surface area (Å²) in [5.41, 5.74) is -0.345. The van der Waals surface area contributed by atoms with Crippen molar-refractivity contribution in [2.24, 2.45) is 0 Å². The van der Waals surface area contributed by atoms with E-state index in [4.69, 9.17) is 22.8 Å². The number of ether oxygens (including phenoxy) is 1. The summed E-state index contributed by atoms with van der Waals surface area (Å²) in [5, 5.41) is 4.65. The van der Waals surface area contributed by atoms with Crippen LogP contribution in [-0.2, 0) is 11.0 Å². The molecular weight excluding hydrogens is 425 g/mol. The van der Waals surface area contributed by atoms with Crippen molar-refractivity contribution in [2.75, 3.05) is 11.9 Å². The summed E-state index contributed by atoms with van der Waals surface area (Å²) in [6.45, 7) is 2.65. The molecule has 0 radical (unpaired) electrons. The van der Waals surface area contributed by atoms with E-state index in [9.17, 15) is 22.8 Å². The Bertz CT molecular complexity index is 1010. The molecule has 0 aliphatic heterocycles. The predicted octanol–water partition coefficient (Wildman–Crippen LogP) is 3.23. The molecule has 0 aliphatic carbocycles. The van der Waals surface area contributed by atoms with Crippen molar-refractivity contribution in [3.8, 4) is 18.2 Å². The normalized spacial score (nSPS) is 11.9. The molecule has 0 unspecified atom stereocenters. The summed E-state index contributed by atoms with van der Waals surface area (Å²) in [7, 11) is 0. The van der Waals surface area contributed by atoms with Crippen molar-refractivity contribution >= 4 is 29.2 Å². The van der Waals surface area contributed by atoms with Crippen LogP contribution in [0.3, 0.4) is 0 Å². The van der Waals surface area contributed by atoms with Gasteiger partial charge in [0.05, 0.1) is 5.56 Å². The van der Waals surface area contributed by atoms with Gasteiger partial charge in [-0.2, -0.15) is 13.2 Å². The van der Waals surface area contributed by atoms with Crippen LogP contribution in [0.4, 0.5) is 19.0 Å². The number of terminal acetylenes is 1. The Morgan fingerprint density at radius 2 is 2.03 bits per heavy atom. The molecule has 158 valence electrons. The van der Waals surface area contributed by atoms with Gasteiger partial charge in [0.2, 0.25) is 11.8 Å². The maximum absolute atomic E-state index is 12.7. The van der Waals surface area contributed by atoms with E-state index in [1.807, 2.05) is 0 Å². The quantitative estimate of drug-likeness (QED) is 0.673. The predicted molar refractivity (Wildman–Crippen MR) is 103 cm³/mol. The lowest BCUT2D eigenvalue weighted by atomic mass is 10.2. The Morgan fingerprint density at radius 1 is 1.33 bits per heavy atom. The summed E-state index contributed by atoms with van der Waals surface area (Å²) >= 11 is 5.77. The van der Waals surface area contributed by atoms with Gasteiger partial charge in [-0.3, -0.25) is 9.59 Å². The molecule has 2 N–H and O–H groups in total. The van der Waals surface area contributed by atoms with Crippen molar-refractivity contribution in [3.05, 3.63) is 46.2 Å². The van der Waals surface area contributed by atoms with Gasteiger partial charge >= 0.3 is 6.18 Å². The van der Waals surface area contributed by atoms with Crippen LogP contribution in [-0.4, -0.2) is 34.4 Å². The molecule has 0 aromatic carbocycles. The number of halogens is 4. The van der Waals surface area contributed by atoms with Crippen molar-refractivity contribution < 1.29 is 27.5 Å². The van der Waals surface area contributed by atoms with Crippen molar-refractivity contribution in [1.29, 1.82) is 0 Å². The summed E-state index contributed by atoms with van der Waals surface area (Å²) in [5.74, 6) is 1.32. The number of nitrogens with zero attached hydrogens (tertiary/aromatic N) is 2. The van der Waals surface area contributed by atoms with Crippen LogP contribution >= 0.6 is 11.6 Å². The molecule has 2 aromatic heterocycles. The van der Waals surface area contributed by atoms with E-state index < -0.39 is 23.7 Å². The highest BCUT2D eigenvalue weighted by Gasteiger charge is 2.31. The number of amides is 2. The van der Waals surface area contributed by atoms with Gasteiger partial charge in [-0.05, 0) is 25.1 Å². The Labute approximate surface area is 175 Å². The number of aryl methyl sites for hydroxylation is 1. The zero-order valence-corrected chi connectivity index (χ0v) is 16.6. The summed E-state index contributed by atoms with van der Waals surface area (Å²) < 4.78 is 43.2. The number of hydrogen-bond acceptors (Lipinski definition) is 5. The number of carbonyl (C=O) groups is 2. The fourth-order valence-electron chi connectivity index (χ4n) is 2.27. The Kier molecular flexibility index (Phi) is 7.24. The van der Waals surface area contributed by atoms with Crippen LogP contribution in [0.15, 0.2) is 24.4 Å². The number of carbonyl (C=O) groups excluding carboxylic acids is 2. The lowest BCUT2D eigenvalue weighted by molar-refractivity contribution is -0.137. The molecule has 0 spiro atoms. The second kappa shape index (κ2) is 9.45. The van der Waals surface area contributed by atoms with Gasteiger partial charge in [0.25, 0.3) is 5.91 Å². The molecule has 0 fully saturated rings.